The Balaban J connectivity index is 1.76. The van der Waals surface area contributed by atoms with Crippen LogP contribution in [-0.4, -0.2) is 10.8 Å². The zero-order chi connectivity index (χ0) is 22.2. The van der Waals surface area contributed by atoms with Gasteiger partial charge < -0.3 is 10.1 Å². The molecule has 0 aliphatic carbocycles. The molecule has 3 aromatic carbocycles. The average Bonchev–Trinajstić information content (AvgIpc) is 2.77. The van der Waals surface area contributed by atoms with E-state index in [2.05, 4.69) is 5.32 Å². The minimum absolute atomic E-state index is 0.00328. The number of nitro groups is 1. The molecule has 1 N–H and O–H groups in total. The molecule has 0 saturated carbocycles. The highest BCUT2D eigenvalue weighted by Crippen LogP contribution is 2.23. The van der Waals surface area contributed by atoms with Crippen LogP contribution < -0.4 is 10.1 Å². The molecule has 0 radical (unpaired) electrons. The number of para-hydroxylation sites is 1. The number of nitrogens with zero attached hydrogens (tertiary/aromatic N) is 2. The number of halogens is 1. The maximum Gasteiger partial charge on any atom is 0.269 e. The SMILES string of the molecule is N#C/C(=C\c1ccccc1OCc1ccc([N+](=O)[O-])cc1)C(=O)Nc1cccc(Cl)c1. The summed E-state index contributed by atoms with van der Waals surface area (Å²) in [5.74, 6) is -0.112. The predicted molar refractivity (Wildman–Crippen MR) is 118 cm³/mol. The third-order valence-electron chi connectivity index (χ3n) is 4.21. The van der Waals surface area contributed by atoms with E-state index >= 15 is 0 Å². The molecular weight excluding hydrogens is 418 g/mol. The number of hydrogen-bond acceptors (Lipinski definition) is 5. The van der Waals surface area contributed by atoms with E-state index in [1.54, 1.807) is 60.7 Å². The molecular formula is C23H16ClN3O4. The van der Waals surface area contributed by atoms with Crippen LogP contribution in [0.25, 0.3) is 6.08 Å². The number of rotatable bonds is 7. The number of carbonyl (C=O) groups excluding carboxylic acids is 1. The lowest BCUT2D eigenvalue weighted by molar-refractivity contribution is -0.384. The van der Waals surface area contributed by atoms with Crippen LogP contribution in [-0.2, 0) is 11.4 Å². The molecule has 0 aromatic heterocycles. The van der Waals surface area contributed by atoms with E-state index < -0.39 is 10.8 Å². The van der Waals surface area contributed by atoms with E-state index in [0.29, 0.717) is 22.0 Å². The lowest BCUT2D eigenvalue weighted by Crippen LogP contribution is -2.13. The van der Waals surface area contributed by atoms with Crippen LogP contribution in [0.15, 0.2) is 78.4 Å². The number of nitrogens with one attached hydrogen (secondary N) is 1. The van der Waals surface area contributed by atoms with Gasteiger partial charge in [-0.15, -0.1) is 0 Å². The molecule has 0 aliphatic rings. The third-order valence-corrected chi connectivity index (χ3v) is 4.44. The van der Waals surface area contributed by atoms with Crippen molar-refractivity contribution in [3.63, 3.8) is 0 Å². The second kappa shape index (κ2) is 10.1. The Morgan fingerprint density at radius 1 is 1.13 bits per heavy atom. The molecule has 1 amide bonds. The largest absolute Gasteiger partial charge is 0.488 e. The fraction of sp³-hybridized carbons (Fsp3) is 0.0435. The van der Waals surface area contributed by atoms with Gasteiger partial charge in [0.15, 0.2) is 0 Å². The van der Waals surface area contributed by atoms with Gasteiger partial charge in [0.05, 0.1) is 4.92 Å². The van der Waals surface area contributed by atoms with Crippen LogP contribution in [0, 0.1) is 21.4 Å². The van der Waals surface area contributed by atoms with Gasteiger partial charge in [-0.3, -0.25) is 14.9 Å². The molecule has 0 aliphatic heterocycles. The van der Waals surface area contributed by atoms with Crippen molar-refractivity contribution in [2.75, 3.05) is 5.32 Å². The third kappa shape index (κ3) is 5.92. The molecule has 0 heterocycles. The van der Waals surface area contributed by atoms with Gasteiger partial charge in [-0.1, -0.05) is 35.9 Å². The van der Waals surface area contributed by atoms with Crippen molar-refractivity contribution in [1.82, 2.24) is 0 Å². The van der Waals surface area contributed by atoms with E-state index in [4.69, 9.17) is 16.3 Å². The fourth-order valence-corrected chi connectivity index (χ4v) is 2.87. The van der Waals surface area contributed by atoms with Crippen LogP contribution in [0.2, 0.25) is 5.02 Å². The van der Waals surface area contributed by atoms with Crippen molar-refractivity contribution < 1.29 is 14.5 Å². The first kappa shape index (κ1) is 21.6. The van der Waals surface area contributed by atoms with Crippen molar-refractivity contribution in [2.24, 2.45) is 0 Å². The number of amides is 1. The lowest BCUT2D eigenvalue weighted by Gasteiger charge is -2.10. The summed E-state index contributed by atoms with van der Waals surface area (Å²) >= 11 is 5.92. The first-order chi connectivity index (χ1) is 15.0. The van der Waals surface area contributed by atoms with E-state index in [1.807, 2.05) is 6.07 Å². The quantitative estimate of drug-likeness (QED) is 0.233. The Morgan fingerprint density at radius 2 is 1.87 bits per heavy atom. The van der Waals surface area contributed by atoms with Crippen molar-refractivity contribution in [3.05, 3.63) is 105 Å². The Bertz CT molecular complexity index is 1180. The number of hydrogen-bond donors (Lipinski definition) is 1. The van der Waals surface area contributed by atoms with Gasteiger partial charge in [0.25, 0.3) is 11.6 Å². The topological polar surface area (TPSA) is 105 Å². The fourth-order valence-electron chi connectivity index (χ4n) is 2.67. The molecule has 0 fully saturated rings. The van der Waals surface area contributed by atoms with Crippen LogP contribution in [0.5, 0.6) is 5.75 Å². The first-order valence-electron chi connectivity index (χ1n) is 9.10. The molecule has 3 rings (SSSR count). The summed E-state index contributed by atoms with van der Waals surface area (Å²) in [7, 11) is 0. The van der Waals surface area contributed by atoms with Crippen molar-refractivity contribution in [2.45, 2.75) is 6.61 Å². The maximum absolute atomic E-state index is 12.5. The number of non-ortho nitro benzene ring substituents is 1. The number of nitriles is 1. The summed E-state index contributed by atoms with van der Waals surface area (Å²) in [6, 6.07) is 21.5. The summed E-state index contributed by atoms with van der Waals surface area (Å²) in [6.45, 7) is 0.166. The molecule has 3 aromatic rings. The van der Waals surface area contributed by atoms with E-state index in [1.165, 1.54) is 18.2 Å². The van der Waals surface area contributed by atoms with E-state index in [-0.39, 0.29) is 17.9 Å². The number of anilines is 1. The Hall–Kier alpha value is -4.15. The molecule has 0 saturated heterocycles. The smallest absolute Gasteiger partial charge is 0.269 e. The highest BCUT2D eigenvalue weighted by Gasteiger charge is 2.12. The van der Waals surface area contributed by atoms with Gasteiger partial charge in [0.1, 0.15) is 24.0 Å². The summed E-state index contributed by atoms with van der Waals surface area (Å²) < 4.78 is 5.81. The van der Waals surface area contributed by atoms with Crippen molar-refractivity contribution in [3.8, 4) is 11.8 Å². The van der Waals surface area contributed by atoms with E-state index in [0.717, 1.165) is 5.56 Å². The van der Waals surface area contributed by atoms with Gasteiger partial charge >= 0.3 is 0 Å². The summed E-state index contributed by atoms with van der Waals surface area (Å²) in [6.07, 6.45) is 1.44. The molecule has 0 unspecified atom stereocenters. The highest BCUT2D eigenvalue weighted by molar-refractivity contribution is 6.31. The van der Waals surface area contributed by atoms with Gasteiger partial charge in [-0.25, -0.2) is 0 Å². The molecule has 8 heteroatoms. The highest BCUT2D eigenvalue weighted by atomic mass is 35.5. The van der Waals surface area contributed by atoms with Crippen LogP contribution >= 0.6 is 11.6 Å². The molecule has 0 spiro atoms. The minimum atomic E-state index is -0.574. The summed E-state index contributed by atoms with van der Waals surface area (Å²) in [5.41, 5.74) is 1.65. The zero-order valence-corrected chi connectivity index (χ0v) is 16.9. The van der Waals surface area contributed by atoms with Gasteiger partial charge in [-0.2, -0.15) is 5.26 Å². The number of ether oxygens (including phenoxy) is 1. The lowest BCUT2D eigenvalue weighted by atomic mass is 10.1. The second-order valence-electron chi connectivity index (χ2n) is 6.38. The first-order valence-corrected chi connectivity index (χ1v) is 9.48. The van der Waals surface area contributed by atoms with Gasteiger partial charge in [0.2, 0.25) is 0 Å². The predicted octanol–water partition coefficient (Wildman–Crippen LogP) is 5.37. The second-order valence-corrected chi connectivity index (χ2v) is 6.82. The molecule has 154 valence electrons. The van der Waals surface area contributed by atoms with Crippen LogP contribution in [0.1, 0.15) is 11.1 Å². The molecule has 31 heavy (non-hydrogen) atoms. The number of carbonyl (C=O) groups is 1. The van der Waals surface area contributed by atoms with Gasteiger partial charge in [-0.05, 0) is 48.0 Å². The van der Waals surface area contributed by atoms with Crippen LogP contribution in [0.3, 0.4) is 0 Å². The number of nitro benzene ring substituents is 1. The van der Waals surface area contributed by atoms with E-state index in [9.17, 15) is 20.2 Å². The Labute approximate surface area is 183 Å². The zero-order valence-electron chi connectivity index (χ0n) is 16.1. The molecule has 7 nitrogen and oxygen atoms in total. The van der Waals surface area contributed by atoms with Crippen LogP contribution in [0.4, 0.5) is 11.4 Å². The monoisotopic (exact) mass is 433 g/mol. The standard InChI is InChI=1S/C23H16ClN3O4/c24-19-5-3-6-20(13-19)26-23(28)18(14-25)12-17-4-1-2-7-22(17)31-15-16-8-10-21(11-9-16)27(29)30/h1-13H,15H2,(H,26,28)/b18-12+. The normalized spacial score (nSPS) is 10.8. The Kier molecular flexibility index (Phi) is 6.99. The van der Waals surface area contributed by atoms with Crippen molar-refractivity contribution >= 4 is 35.0 Å². The average molecular weight is 434 g/mol. The minimum Gasteiger partial charge on any atom is -0.488 e. The number of benzene rings is 3. The maximum atomic E-state index is 12.5. The summed E-state index contributed by atoms with van der Waals surface area (Å²) in [4.78, 5) is 22.8. The molecule has 0 atom stereocenters. The Morgan fingerprint density at radius 3 is 2.55 bits per heavy atom. The van der Waals surface area contributed by atoms with Gasteiger partial charge in [0, 0.05) is 28.4 Å². The summed E-state index contributed by atoms with van der Waals surface area (Å²) in [5, 5.41) is 23.3. The molecule has 0 bridgehead atoms. The van der Waals surface area contributed by atoms with Crippen molar-refractivity contribution in [1.29, 1.82) is 5.26 Å².